The molecule has 0 radical (unpaired) electrons. The first kappa shape index (κ1) is 13.4. The summed E-state index contributed by atoms with van der Waals surface area (Å²) in [5.74, 6) is 0. The number of thioether (sulfide) groups is 1. The van der Waals surface area contributed by atoms with Gasteiger partial charge in [-0.05, 0) is 23.9 Å². The molecule has 86 valence electrons. The molecule has 0 fully saturated rings. The van der Waals surface area contributed by atoms with E-state index in [9.17, 15) is 9.59 Å². The van der Waals surface area contributed by atoms with E-state index in [1.54, 1.807) is 14.1 Å². The molecule has 0 N–H and O–H groups in total. The lowest BCUT2D eigenvalue weighted by atomic mass is 10.2. The fourth-order valence-electron chi connectivity index (χ4n) is 0.954. The number of halogens is 2. The molecule has 0 aliphatic rings. The maximum absolute atomic E-state index is 11.5. The minimum atomic E-state index is -0.202. The smallest absolute Gasteiger partial charge is 0.286 e. The molecule has 0 heterocycles. The molecular formula is C10H9Cl2NO2S. The molecule has 0 aliphatic heterocycles. The van der Waals surface area contributed by atoms with Crippen LogP contribution < -0.4 is 0 Å². The van der Waals surface area contributed by atoms with Crippen LogP contribution in [0.4, 0.5) is 4.79 Å². The van der Waals surface area contributed by atoms with Crippen molar-refractivity contribution < 1.29 is 9.59 Å². The normalized spacial score (nSPS) is 10.0. The molecule has 1 aromatic carbocycles. The summed E-state index contributed by atoms with van der Waals surface area (Å²) in [6.07, 6.45) is 0.628. The van der Waals surface area contributed by atoms with E-state index in [0.717, 1.165) is 11.8 Å². The second-order valence-electron chi connectivity index (χ2n) is 3.19. The zero-order chi connectivity index (χ0) is 12.3. The summed E-state index contributed by atoms with van der Waals surface area (Å²) in [5.41, 5.74) is 0.317. The lowest BCUT2D eigenvalue weighted by Crippen LogP contribution is -2.16. The van der Waals surface area contributed by atoms with Gasteiger partial charge in [-0.2, -0.15) is 0 Å². The van der Waals surface area contributed by atoms with Crippen LogP contribution in [-0.2, 0) is 0 Å². The SMILES string of the molecule is CN(C)C(=O)Sc1c(Cl)cc(Cl)cc1C=O. The van der Waals surface area contributed by atoms with Gasteiger partial charge in [-0.3, -0.25) is 9.59 Å². The van der Waals surface area contributed by atoms with Crippen molar-refractivity contribution in [1.82, 2.24) is 4.90 Å². The Bertz CT molecular complexity index is 435. The molecule has 1 rings (SSSR count). The first-order valence-corrected chi connectivity index (χ1v) is 5.86. The Hall–Kier alpha value is -0.710. The lowest BCUT2D eigenvalue weighted by molar-refractivity contribution is 0.112. The summed E-state index contributed by atoms with van der Waals surface area (Å²) in [4.78, 5) is 24.2. The van der Waals surface area contributed by atoms with Crippen molar-refractivity contribution in [1.29, 1.82) is 0 Å². The van der Waals surface area contributed by atoms with E-state index in [0.29, 0.717) is 26.8 Å². The molecule has 0 saturated heterocycles. The van der Waals surface area contributed by atoms with Crippen LogP contribution in [0.15, 0.2) is 17.0 Å². The van der Waals surface area contributed by atoms with Gasteiger partial charge in [0, 0.05) is 29.6 Å². The number of hydrogen-bond donors (Lipinski definition) is 0. The van der Waals surface area contributed by atoms with Gasteiger partial charge in [0.05, 0.1) is 5.02 Å². The van der Waals surface area contributed by atoms with Gasteiger partial charge in [0.25, 0.3) is 5.24 Å². The molecule has 1 amide bonds. The van der Waals surface area contributed by atoms with Crippen LogP contribution in [0, 0.1) is 0 Å². The summed E-state index contributed by atoms with van der Waals surface area (Å²) in [6.45, 7) is 0. The third kappa shape index (κ3) is 3.14. The average Bonchev–Trinajstić information content (AvgIpc) is 2.21. The van der Waals surface area contributed by atoms with Crippen molar-refractivity contribution in [2.24, 2.45) is 0 Å². The van der Waals surface area contributed by atoms with Crippen LogP contribution in [0.3, 0.4) is 0 Å². The highest BCUT2D eigenvalue weighted by Gasteiger charge is 2.15. The van der Waals surface area contributed by atoms with E-state index in [-0.39, 0.29) is 5.24 Å². The molecule has 1 aromatic rings. The number of nitrogens with zero attached hydrogens (tertiary/aromatic N) is 1. The van der Waals surface area contributed by atoms with Crippen LogP contribution in [0.1, 0.15) is 10.4 Å². The summed E-state index contributed by atoms with van der Waals surface area (Å²) in [7, 11) is 3.25. The Labute approximate surface area is 108 Å². The molecule has 16 heavy (non-hydrogen) atoms. The second-order valence-corrected chi connectivity index (χ2v) is 4.99. The van der Waals surface area contributed by atoms with E-state index in [1.807, 2.05) is 0 Å². The average molecular weight is 278 g/mol. The maximum atomic E-state index is 11.5. The van der Waals surface area contributed by atoms with Gasteiger partial charge in [0.1, 0.15) is 0 Å². The Morgan fingerprint density at radius 2 is 2.00 bits per heavy atom. The molecular weight excluding hydrogens is 269 g/mol. The van der Waals surface area contributed by atoms with Crippen LogP contribution in [0.25, 0.3) is 0 Å². The molecule has 0 spiro atoms. The third-order valence-corrected chi connectivity index (χ3v) is 3.55. The third-order valence-electron chi connectivity index (χ3n) is 1.72. The molecule has 0 unspecified atom stereocenters. The Kier molecular flexibility index (Phi) is 4.65. The van der Waals surface area contributed by atoms with Crippen molar-refractivity contribution in [3.63, 3.8) is 0 Å². The topological polar surface area (TPSA) is 37.4 Å². The highest BCUT2D eigenvalue weighted by molar-refractivity contribution is 8.13. The first-order valence-electron chi connectivity index (χ1n) is 4.29. The standard InChI is InChI=1S/C10H9Cl2NO2S/c1-13(2)10(15)16-9-6(5-14)3-7(11)4-8(9)12/h3-5H,1-2H3. The minimum absolute atomic E-state index is 0.202. The van der Waals surface area contributed by atoms with Crippen molar-refractivity contribution in [3.05, 3.63) is 27.7 Å². The van der Waals surface area contributed by atoms with Gasteiger partial charge in [-0.25, -0.2) is 0 Å². The van der Waals surface area contributed by atoms with Gasteiger partial charge in [0.15, 0.2) is 6.29 Å². The van der Waals surface area contributed by atoms with Crippen LogP contribution in [0.5, 0.6) is 0 Å². The monoisotopic (exact) mass is 277 g/mol. The molecule has 0 atom stereocenters. The largest absolute Gasteiger partial charge is 0.339 e. The zero-order valence-electron chi connectivity index (χ0n) is 8.66. The predicted octanol–water partition coefficient (Wildman–Crippen LogP) is 3.58. The molecule has 0 bridgehead atoms. The number of aldehydes is 1. The molecule has 6 heteroatoms. The van der Waals surface area contributed by atoms with E-state index in [4.69, 9.17) is 23.2 Å². The number of carbonyl (C=O) groups excluding carboxylic acids is 2. The highest BCUT2D eigenvalue weighted by Crippen LogP contribution is 2.33. The maximum Gasteiger partial charge on any atom is 0.286 e. The summed E-state index contributed by atoms with van der Waals surface area (Å²) in [6, 6.07) is 2.98. The van der Waals surface area contributed by atoms with Gasteiger partial charge in [-0.1, -0.05) is 23.2 Å². The van der Waals surface area contributed by atoms with E-state index >= 15 is 0 Å². The zero-order valence-corrected chi connectivity index (χ0v) is 11.0. The van der Waals surface area contributed by atoms with Crippen molar-refractivity contribution in [3.8, 4) is 0 Å². The molecule has 0 aromatic heterocycles. The lowest BCUT2D eigenvalue weighted by Gasteiger charge is -2.11. The first-order chi connectivity index (χ1) is 7.45. The molecule has 0 aliphatic carbocycles. The van der Waals surface area contributed by atoms with Crippen molar-refractivity contribution in [2.45, 2.75) is 4.90 Å². The molecule has 3 nitrogen and oxygen atoms in total. The van der Waals surface area contributed by atoms with Gasteiger partial charge >= 0.3 is 0 Å². The number of rotatable bonds is 2. The second kappa shape index (κ2) is 5.57. The van der Waals surface area contributed by atoms with Gasteiger partial charge in [0.2, 0.25) is 0 Å². The number of hydrogen-bond acceptors (Lipinski definition) is 3. The van der Waals surface area contributed by atoms with E-state index in [2.05, 4.69) is 0 Å². The Morgan fingerprint density at radius 1 is 1.38 bits per heavy atom. The van der Waals surface area contributed by atoms with Crippen LogP contribution >= 0.6 is 35.0 Å². The van der Waals surface area contributed by atoms with Gasteiger partial charge < -0.3 is 4.90 Å². The Balaban J connectivity index is 3.12. The fraction of sp³-hybridized carbons (Fsp3) is 0.200. The fourth-order valence-corrected chi connectivity index (χ4v) is 2.32. The Morgan fingerprint density at radius 3 is 2.50 bits per heavy atom. The van der Waals surface area contributed by atoms with E-state index in [1.165, 1.54) is 17.0 Å². The minimum Gasteiger partial charge on any atom is -0.339 e. The number of benzene rings is 1. The van der Waals surface area contributed by atoms with Crippen LogP contribution in [-0.4, -0.2) is 30.5 Å². The summed E-state index contributed by atoms with van der Waals surface area (Å²) >= 11 is 12.6. The highest BCUT2D eigenvalue weighted by atomic mass is 35.5. The number of amides is 1. The quantitative estimate of drug-likeness (QED) is 0.613. The summed E-state index contributed by atoms with van der Waals surface area (Å²) < 4.78 is 0. The number of carbonyl (C=O) groups is 2. The molecule has 0 saturated carbocycles. The van der Waals surface area contributed by atoms with Gasteiger partial charge in [-0.15, -0.1) is 0 Å². The summed E-state index contributed by atoms with van der Waals surface area (Å²) in [5, 5.41) is 0.468. The van der Waals surface area contributed by atoms with Crippen LogP contribution in [0.2, 0.25) is 10.0 Å². The predicted molar refractivity (Wildman–Crippen MR) is 66.8 cm³/mol. The van der Waals surface area contributed by atoms with E-state index < -0.39 is 0 Å². The van der Waals surface area contributed by atoms with Crippen molar-refractivity contribution in [2.75, 3.05) is 14.1 Å². The van der Waals surface area contributed by atoms with Crippen molar-refractivity contribution >= 4 is 46.5 Å².